The molecule has 0 aliphatic carbocycles. The van der Waals surface area contributed by atoms with Crippen LogP contribution in [0.3, 0.4) is 0 Å². The van der Waals surface area contributed by atoms with Gasteiger partial charge in [-0.15, -0.1) is 0 Å². The van der Waals surface area contributed by atoms with E-state index in [-0.39, 0.29) is 6.10 Å². The Labute approximate surface area is 107 Å². The van der Waals surface area contributed by atoms with Crippen LogP contribution in [0.2, 0.25) is 0 Å². The predicted molar refractivity (Wildman–Crippen MR) is 68.4 cm³/mol. The van der Waals surface area contributed by atoms with Crippen LogP contribution in [-0.2, 0) is 11.2 Å². The number of nitrogens with two attached hydrogens (primary N) is 1. The van der Waals surface area contributed by atoms with Crippen LogP contribution >= 0.6 is 0 Å². The van der Waals surface area contributed by atoms with Gasteiger partial charge in [-0.2, -0.15) is 4.98 Å². The van der Waals surface area contributed by atoms with Crippen molar-refractivity contribution >= 4 is 5.82 Å². The number of hydrogen-bond donors (Lipinski definition) is 2. The topological polar surface area (TPSA) is 82.3 Å². The number of anilines is 1. The highest BCUT2D eigenvalue weighted by molar-refractivity contribution is 5.47. The zero-order valence-electron chi connectivity index (χ0n) is 10.9. The van der Waals surface area contributed by atoms with E-state index in [1.165, 1.54) is 0 Å². The molecule has 0 aromatic carbocycles. The van der Waals surface area contributed by atoms with Gasteiger partial charge in [0, 0.05) is 12.8 Å². The number of nitrogens with one attached hydrogen (secondary N) is 1. The summed E-state index contributed by atoms with van der Waals surface area (Å²) in [7, 11) is 0. The number of aromatic nitrogens is 2. The van der Waals surface area contributed by atoms with Gasteiger partial charge in [-0.1, -0.05) is 6.92 Å². The number of hydrogen-bond acceptors (Lipinski definition) is 6. The normalized spacial score (nSPS) is 18.9. The highest BCUT2D eigenvalue weighted by Crippen LogP contribution is 2.24. The lowest BCUT2D eigenvalue weighted by molar-refractivity contribution is 0.137. The van der Waals surface area contributed by atoms with Crippen molar-refractivity contribution in [2.45, 2.75) is 39.2 Å². The van der Waals surface area contributed by atoms with E-state index < -0.39 is 0 Å². The van der Waals surface area contributed by atoms with E-state index in [9.17, 15) is 0 Å². The summed E-state index contributed by atoms with van der Waals surface area (Å²) >= 11 is 0. The Morgan fingerprint density at radius 2 is 2.33 bits per heavy atom. The van der Waals surface area contributed by atoms with Crippen LogP contribution in [0.15, 0.2) is 0 Å². The minimum Gasteiger partial charge on any atom is -0.471 e. The summed E-state index contributed by atoms with van der Waals surface area (Å²) < 4.78 is 11.2. The van der Waals surface area contributed by atoms with E-state index in [2.05, 4.69) is 22.3 Å². The molecular formula is C12H20N4O2. The van der Waals surface area contributed by atoms with E-state index in [1.807, 2.05) is 6.92 Å². The number of nitrogen functional groups attached to an aromatic ring is 1. The fourth-order valence-electron chi connectivity index (χ4n) is 1.89. The van der Waals surface area contributed by atoms with Gasteiger partial charge in [-0.05, 0) is 13.3 Å². The summed E-state index contributed by atoms with van der Waals surface area (Å²) in [4.78, 5) is 8.81. The average Bonchev–Trinajstić information content (AvgIpc) is 2.86. The molecule has 1 aliphatic rings. The lowest BCUT2D eigenvalue weighted by Gasteiger charge is -2.15. The monoisotopic (exact) mass is 252 g/mol. The molecule has 18 heavy (non-hydrogen) atoms. The molecule has 0 amide bonds. The summed E-state index contributed by atoms with van der Waals surface area (Å²) in [6, 6.07) is 0. The van der Waals surface area contributed by atoms with Crippen molar-refractivity contribution in [1.29, 1.82) is 0 Å². The molecule has 100 valence electrons. The van der Waals surface area contributed by atoms with Crippen molar-refractivity contribution in [1.82, 2.24) is 9.97 Å². The summed E-state index contributed by atoms with van der Waals surface area (Å²) in [5.74, 6) is 7.46. The first-order chi connectivity index (χ1) is 8.74. The lowest BCUT2D eigenvalue weighted by atomic mass is 10.2. The van der Waals surface area contributed by atoms with Crippen LogP contribution in [0.25, 0.3) is 0 Å². The van der Waals surface area contributed by atoms with E-state index >= 15 is 0 Å². The molecule has 6 nitrogen and oxygen atoms in total. The van der Waals surface area contributed by atoms with Crippen molar-refractivity contribution < 1.29 is 9.47 Å². The Morgan fingerprint density at radius 3 is 2.94 bits per heavy atom. The highest BCUT2D eigenvalue weighted by Gasteiger charge is 2.20. The van der Waals surface area contributed by atoms with Gasteiger partial charge in [0.05, 0.1) is 18.8 Å². The third kappa shape index (κ3) is 2.88. The van der Waals surface area contributed by atoms with E-state index in [4.69, 9.17) is 15.3 Å². The van der Waals surface area contributed by atoms with Gasteiger partial charge in [0.15, 0.2) is 0 Å². The molecule has 1 aliphatic heterocycles. The first-order valence-corrected chi connectivity index (χ1v) is 6.33. The molecule has 1 fully saturated rings. The number of hydrazine groups is 1. The Bertz CT molecular complexity index is 405. The first kappa shape index (κ1) is 13.0. The largest absolute Gasteiger partial charge is 0.471 e. The highest BCUT2D eigenvalue weighted by atomic mass is 16.5. The average molecular weight is 252 g/mol. The Balaban J connectivity index is 2.22. The molecule has 1 atom stereocenters. The molecule has 0 radical (unpaired) electrons. The predicted octanol–water partition coefficient (Wildman–Crippen LogP) is 1.19. The first-order valence-electron chi connectivity index (χ1n) is 6.33. The fraction of sp³-hybridized carbons (Fsp3) is 0.667. The van der Waals surface area contributed by atoms with Crippen molar-refractivity contribution in [3.8, 4) is 5.88 Å². The quantitative estimate of drug-likeness (QED) is 0.605. The molecule has 1 unspecified atom stereocenters. The molecule has 3 N–H and O–H groups in total. The number of ether oxygens (including phenoxy) is 2. The number of rotatable bonds is 5. The van der Waals surface area contributed by atoms with Crippen LogP contribution in [0.5, 0.6) is 5.88 Å². The van der Waals surface area contributed by atoms with Crippen LogP contribution in [0.1, 0.15) is 31.2 Å². The summed E-state index contributed by atoms with van der Waals surface area (Å²) in [6.45, 7) is 5.36. The maximum absolute atomic E-state index is 5.86. The van der Waals surface area contributed by atoms with Gasteiger partial charge in [-0.3, -0.25) is 0 Å². The molecule has 2 heterocycles. The molecule has 1 saturated heterocycles. The second-order valence-corrected chi connectivity index (χ2v) is 4.42. The van der Waals surface area contributed by atoms with Gasteiger partial charge >= 0.3 is 0 Å². The Morgan fingerprint density at radius 1 is 1.50 bits per heavy atom. The minimum atomic E-state index is 0.0821. The van der Waals surface area contributed by atoms with Crippen molar-refractivity contribution in [2.24, 2.45) is 5.84 Å². The number of nitrogens with zero attached hydrogens (tertiary/aromatic N) is 2. The van der Waals surface area contributed by atoms with E-state index in [0.717, 1.165) is 37.3 Å². The van der Waals surface area contributed by atoms with E-state index in [0.29, 0.717) is 18.3 Å². The molecule has 0 bridgehead atoms. The maximum Gasteiger partial charge on any atom is 0.222 e. The molecular weight excluding hydrogens is 232 g/mol. The van der Waals surface area contributed by atoms with Crippen molar-refractivity contribution in [3.05, 3.63) is 11.4 Å². The smallest absolute Gasteiger partial charge is 0.222 e. The molecule has 6 heteroatoms. The van der Waals surface area contributed by atoms with Gasteiger partial charge in [0.2, 0.25) is 5.88 Å². The molecule has 1 aromatic heterocycles. The second kappa shape index (κ2) is 5.97. The van der Waals surface area contributed by atoms with Crippen LogP contribution in [0.4, 0.5) is 5.82 Å². The van der Waals surface area contributed by atoms with Gasteiger partial charge < -0.3 is 14.9 Å². The second-order valence-electron chi connectivity index (χ2n) is 4.42. The van der Waals surface area contributed by atoms with Crippen molar-refractivity contribution in [2.75, 3.05) is 18.6 Å². The SMILES string of the molecule is CCCc1nc(NN)c(C)c(OC2CCOC2)n1. The fourth-order valence-corrected chi connectivity index (χ4v) is 1.89. The van der Waals surface area contributed by atoms with Gasteiger partial charge in [0.25, 0.3) is 0 Å². The summed E-state index contributed by atoms with van der Waals surface area (Å²) in [5, 5.41) is 0. The third-order valence-corrected chi connectivity index (χ3v) is 2.92. The number of aryl methyl sites for hydroxylation is 1. The molecule has 0 saturated carbocycles. The zero-order chi connectivity index (χ0) is 13.0. The van der Waals surface area contributed by atoms with Gasteiger partial charge in [-0.25, -0.2) is 10.8 Å². The van der Waals surface area contributed by atoms with Crippen LogP contribution in [-0.4, -0.2) is 29.3 Å². The minimum absolute atomic E-state index is 0.0821. The third-order valence-electron chi connectivity index (χ3n) is 2.92. The van der Waals surface area contributed by atoms with Gasteiger partial charge in [0.1, 0.15) is 17.7 Å². The summed E-state index contributed by atoms with van der Waals surface area (Å²) in [6.07, 6.45) is 2.78. The maximum atomic E-state index is 5.86. The molecule has 2 rings (SSSR count). The van der Waals surface area contributed by atoms with Crippen LogP contribution < -0.4 is 16.0 Å². The zero-order valence-corrected chi connectivity index (χ0v) is 10.9. The Hall–Kier alpha value is -1.40. The van der Waals surface area contributed by atoms with E-state index in [1.54, 1.807) is 0 Å². The summed E-state index contributed by atoms with van der Waals surface area (Å²) in [5.41, 5.74) is 3.43. The molecule has 1 aromatic rings. The lowest BCUT2D eigenvalue weighted by Crippen LogP contribution is -2.19. The van der Waals surface area contributed by atoms with Crippen molar-refractivity contribution in [3.63, 3.8) is 0 Å². The Kier molecular flexibility index (Phi) is 4.33. The standard InChI is InChI=1S/C12H20N4O2/c1-3-4-10-14-11(16-13)8(2)12(15-10)18-9-5-6-17-7-9/h9H,3-7,13H2,1-2H3,(H,14,15,16). The molecule has 0 spiro atoms. The van der Waals surface area contributed by atoms with Crippen LogP contribution in [0, 0.1) is 6.92 Å².